The summed E-state index contributed by atoms with van der Waals surface area (Å²) >= 11 is 5.63. The van der Waals surface area contributed by atoms with Gasteiger partial charge in [0.15, 0.2) is 18.0 Å². The van der Waals surface area contributed by atoms with Gasteiger partial charge >= 0.3 is 5.97 Å². The maximum absolute atomic E-state index is 11.1. The van der Waals surface area contributed by atoms with Gasteiger partial charge in [0, 0.05) is 0 Å². The van der Waals surface area contributed by atoms with Gasteiger partial charge in [-0.25, -0.2) is 9.79 Å². The second-order valence-electron chi connectivity index (χ2n) is 2.74. The Balaban J connectivity index is 2.75. The van der Waals surface area contributed by atoms with Crippen LogP contribution < -0.4 is 0 Å². The van der Waals surface area contributed by atoms with Crippen LogP contribution in [-0.4, -0.2) is 37.0 Å². The van der Waals surface area contributed by atoms with E-state index in [-0.39, 0.29) is 5.88 Å². The van der Waals surface area contributed by atoms with Crippen molar-refractivity contribution in [1.82, 2.24) is 0 Å². The van der Waals surface area contributed by atoms with Crippen LogP contribution in [0.25, 0.3) is 0 Å². The van der Waals surface area contributed by atoms with Crippen LogP contribution in [0.4, 0.5) is 0 Å². The second kappa shape index (κ2) is 3.31. The minimum atomic E-state index is -0.755. The van der Waals surface area contributed by atoms with Crippen molar-refractivity contribution in [2.75, 3.05) is 13.0 Å². The van der Waals surface area contributed by atoms with Crippen molar-refractivity contribution < 1.29 is 14.3 Å². The van der Waals surface area contributed by atoms with Gasteiger partial charge in [0.2, 0.25) is 0 Å². The molecule has 1 aliphatic heterocycles. The van der Waals surface area contributed by atoms with Crippen molar-refractivity contribution >= 4 is 24.0 Å². The number of ether oxygens (including phenoxy) is 2. The van der Waals surface area contributed by atoms with E-state index in [0.29, 0.717) is 0 Å². The normalized spacial score (nSPS) is 33.1. The Morgan fingerprint density at radius 3 is 3.08 bits per heavy atom. The highest BCUT2D eigenvalue weighted by molar-refractivity contribution is 6.19. The highest BCUT2D eigenvalue weighted by Crippen LogP contribution is 2.25. The minimum Gasteiger partial charge on any atom is -0.473 e. The molecule has 0 aromatic rings. The van der Waals surface area contributed by atoms with Gasteiger partial charge in [0.1, 0.15) is 0 Å². The van der Waals surface area contributed by atoms with E-state index in [4.69, 9.17) is 16.3 Å². The fraction of sp³-hybridized carbons (Fsp3) is 0.714. The average molecular weight is 192 g/mol. The van der Waals surface area contributed by atoms with E-state index in [1.165, 1.54) is 13.5 Å². The Bertz CT molecular complexity index is 219. The summed E-state index contributed by atoms with van der Waals surface area (Å²) in [5, 5.41) is 0. The molecule has 5 heteroatoms. The zero-order chi connectivity index (χ0) is 9.19. The summed E-state index contributed by atoms with van der Waals surface area (Å²) < 4.78 is 9.64. The maximum atomic E-state index is 11.1. The number of esters is 1. The third kappa shape index (κ3) is 1.39. The zero-order valence-corrected chi connectivity index (χ0v) is 7.67. The number of hydrogen-bond acceptors (Lipinski definition) is 4. The summed E-state index contributed by atoms with van der Waals surface area (Å²) in [6.45, 7) is 1.72. The average Bonchev–Trinajstić information content (AvgIpc) is 2.47. The number of alkyl halides is 1. The molecule has 1 rings (SSSR count). The third-order valence-corrected chi connectivity index (χ3v) is 2.33. The molecule has 12 heavy (non-hydrogen) atoms. The molecule has 2 unspecified atom stereocenters. The number of halogens is 1. The Labute approximate surface area is 75.5 Å². The van der Waals surface area contributed by atoms with Crippen molar-refractivity contribution in [3.05, 3.63) is 0 Å². The van der Waals surface area contributed by atoms with Crippen LogP contribution in [-0.2, 0) is 14.3 Å². The molecule has 2 atom stereocenters. The molecule has 0 aromatic heterocycles. The molecular formula is C7H10ClNO3. The third-order valence-electron chi connectivity index (χ3n) is 1.80. The summed E-state index contributed by atoms with van der Waals surface area (Å²) in [4.78, 5) is 14.9. The molecule has 0 fully saturated rings. The lowest BCUT2D eigenvalue weighted by Gasteiger charge is -2.24. The van der Waals surface area contributed by atoms with Gasteiger partial charge in [-0.2, -0.15) is 0 Å². The van der Waals surface area contributed by atoms with Gasteiger partial charge in [-0.15, -0.1) is 11.6 Å². The Morgan fingerprint density at radius 1 is 1.92 bits per heavy atom. The van der Waals surface area contributed by atoms with Gasteiger partial charge < -0.3 is 9.47 Å². The lowest BCUT2D eigenvalue weighted by molar-refractivity contribution is -0.145. The van der Waals surface area contributed by atoms with Crippen molar-refractivity contribution in [2.24, 2.45) is 4.99 Å². The Hall–Kier alpha value is -0.770. The van der Waals surface area contributed by atoms with E-state index >= 15 is 0 Å². The molecule has 0 amide bonds. The molecule has 0 aromatic carbocycles. The number of rotatable bonds is 2. The molecule has 0 saturated carbocycles. The summed E-state index contributed by atoms with van der Waals surface area (Å²) in [5.74, 6) is -0.223. The molecule has 0 bridgehead atoms. The number of carbonyl (C=O) groups is 1. The van der Waals surface area contributed by atoms with Crippen LogP contribution in [0.15, 0.2) is 4.99 Å². The number of carbonyl (C=O) groups excluding carboxylic acids is 1. The molecule has 1 heterocycles. The molecular weight excluding hydrogens is 182 g/mol. The van der Waals surface area contributed by atoms with E-state index in [0.717, 1.165) is 0 Å². The predicted molar refractivity (Wildman–Crippen MR) is 44.5 cm³/mol. The molecule has 0 aliphatic carbocycles. The molecule has 0 spiro atoms. The molecule has 1 aliphatic rings. The van der Waals surface area contributed by atoms with E-state index in [1.54, 1.807) is 6.92 Å². The first-order chi connectivity index (χ1) is 5.64. The summed E-state index contributed by atoms with van der Waals surface area (Å²) in [7, 11) is 1.31. The number of nitrogens with zero attached hydrogens (tertiary/aromatic N) is 1. The minimum absolute atomic E-state index is 0.201. The molecule has 0 saturated heterocycles. The van der Waals surface area contributed by atoms with Gasteiger partial charge in [0.25, 0.3) is 0 Å². The SMILES string of the molecule is COC(=O)C1N=COC1(C)CCl. The van der Waals surface area contributed by atoms with Gasteiger partial charge in [-0.05, 0) is 6.92 Å². The monoisotopic (exact) mass is 191 g/mol. The first kappa shape index (κ1) is 9.32. The van der Waals surface area contributed by atoms with Crippen LogP contribution in [0.1, 0.15) is 6.92 Å². The molecule has 0 N–H and O–H groups in total. The molecule has 4 nitrogen and oxygen atoms in total. The molecule has 68 valence electrons. The predicted octanol–water partition coefficient (Wildman–Crippen LogP) is 0.584. The zero-order valence-electron chi connectivity index (χ0n) is 6.91. The van der Waals surface area contributed by atoms with Crippen LogP contribution in [0.2, 0.25) is 0 Å². The maximum Gasteiger partial charge on any atom is 0.334 e. The quantitative estimate of drug-likeness (QED) is 0.474. The summed E-state index contributed by atoms with van der Waals surface area (Å²) in [6.07, 6.45) is 1.24. The second-order valence-corrected chi connectivity index (χ2v) is 3.01. The van der Waals surface area contributed by atoms with Gasteiger partial charge in [-0.3, -0.25) is 0 Å². The Kier molecular flexibility index (Phi) is 2.57. The van der Waals surface area contributed by atoms with Crippen LogP contribution >= 0.6 is 11.6 Å². The topological polar surface area (TPSA) is 47.9 Å². The summed E-state index contributed by atoms with van der Waals surface area (Å²) in [5.41, 5.74) is -0.755. The van der Waals surface area contributed by atoms with E-state index in [9.17, 15) is 4.79 Å². The lowest BCUT2D eigenvalue weighted by Crippen LogP contribution is -2.43. The molecule has 0 radical (unpaired) electrons. The van der Waals surface area contributed by atoms with Gasteiger partial charge in [-0.1, -0.05) is 0 Å². The first-order valence-electron chi connectivity index (χ1n) is 3.47. The van der Waals surface area contributed by atoms with Crippen molar-refractivity contribution in [1.29, 1.82) is 0 Å². The number of aliphatic imine (C=N–C) groups is 1. The van der Waals surface area contributed by atoms with Crippen LogP contribution in [0, 0.1) is 0 Å². The largest absolute Gasteiger partial charge is 0.473 e. The van der Waals surface area contributed by atoms with E-state index < -0.39 is 17.6 Å². The van der Waals surface area contributed by atoms with Crippen molar-refractivity contribution in [2.45, 2.75) is 18.6 Å². The van der Waals surface area contributed by atoms with E-state index in [2.05, 4.69) is 9.73 Å². The number of methoxy groups -OCH3 is 1. The number of hydrogen-bond donors (Lipinski definition) is 0. The standard InChI is InChI=1S/C7H10ClNO3/c1-7(3-8)5(6(10)11-2)9-4-12-7/h4-5H,3H2,1-2H3. The van der Waals surface area contributed by atoms with Crippen molar-refractivity contribution in [3.8, 4) is 0 Å². The first-order valence-corrected chi connectivity index (χ1v) is 4.01. The Morgan fingerprint density at radius 2 is 2.58 bits per heavy atom. The van der Waals surface area contributed by atoms with Crippen LogP contribution in [0.3, 0.4) is 0 Å². The lowest BCUT2D eigenvalue weighted by atomic mass is 10.0. The van der Waals surface area contributed by atoms with E-state index in [1.807, 2.05) is 0 Å². The highest BCUT2D eigenvalue weighted by Gasteiger charge is 2.44. The fourth-order valence-electron chi connectivity index (χ4n) is 0.960. The summed E-state index contributed by atoms with van der Waals surface area (Å²) in [6, 6.07) is -0.639. The fourth-order valence-corrected chi connectivity index (χ4v) is 1.17. The highest BCUT2D eigenvalue weighted by atomic mass is 35.5. The van der Waals surface area contributed by atoms with Crippen molar-refractivity contribution in [3.63, 3.8) is 0 Å². The van der Waals surface area contributed by atoms with Gasteiger partial charge in [0.05, 0.1) is 13.0 Å². The smallest absolute Gasteiger partial charge is 0.334 e. The van der Waals surface area contributed by atoms with Crippen LogP contribution in [0.5, 0.6) is 0 Å².